The van der Waals surface area contributed by atoms with Gasteiger partial charge in [-0.2, -0.15) is 0 Å². The van der Waals surface area contributed by atoms with Crippen molar-refractivity contribution in [1.82, 2.24) is 14.4 Å². The number of nitrogens with zero attached hydrogens (tertiary/aromatic N) is 4. The molecule has 0 bridgehead atoms. The maximum absolute atomic E-state index is 13.7. The van der Waals surface area contributed by atoms with Crippen LogP contribution in [0.3, 0.4) is 0 Å². The zero-order valence-corrected chi connectivity index (χ0v) is 23.3. The van der Waals surface area contributed by atoms with Crippen LogP contribution in [0.1, 0.15) is 49.3 Å². The highest BCUT2D eigenvalue weighted by molar-refractivity contribution is 7.22. The Bertz CT molecular complexity index is 1830. The molecule has 7 nitrogen and oxygen atoms in total. The number of halogens is 1. The molecule has 39 heavy (non-hydrogen) atoms. The van der Waals surface area contributed by atoms with Crippen LogP contribution in [0.4, 0.5) is 5.13 Å². The summed E-state index contributed by atoms with van der Waals surface area (Å²) in [7, 11) is 0. The number of imidazole rings is 1. The number of hydrogen-bond acceptors (Lipinski definition) is 6. The van der Waals surface area contributed by atoms with Crippen molar-refractivity contribution in [2.45, 2.75) is 39.2 Å². The Kier molecular flexibility index (Phi) is 5.86. The topological polar surface area (TPSA) is 87.8 Å². The molecule has 1 atom stereocenters. The van der Waals surface area contributed by atoms with E-state index in [1.165, 1.54) is 16.2 Å². The van der Waals surface area contributed by atoms with Crippen molar-refractivity contribution in [2.75, 3.05) is 4.90 Å². The van der Waals surface area contributed by atoms with Gasteiger partial charge in [-0.25, -0.2) is 9.97 Å². The summed E-state index contributed by atoms with van der Waals surface area (Å²) in [4.78, 5) is 37.9. The number of amides is 1. The first-order chi connectivity index (χ1) is 18.5. The van der Waals surface area contributed by atoms with Gasteiger partial charge in [-0.3, -0.25) is 18.9 Å². The summed E-state index contributed by atoms with van der Waals surface area (Å²) >= 11 is 7.47. The number of anilines is 1. The third kappa shape index (κ3) is 4.11. The Morgan fingerprint density at radius 2 is 1.77 bits per heavy atom. The SMILES string of the molecule is Cc1nc2ccccn2c1/C(O)=C1\C(=O)C(=O)N(c2nc3ccc(Cl)cc3s2)C1c1ccc(C(C)(C)C)cc1. The summed E-state index contributed by atoms with van der Waals surface area (Å²) in [6.45, 7) is 8.12. The monoisotopic (exact) mass is 556 g/mol. The minimum Gasteiger partial charge on any atom is -0.505 e. The smallest absolute Gasteiger partial charge is 0.301 e. The van der Waals surface area contributed by atoms with Crippen LogP contribution in [-0.2, 0) is 15.0 Å². The van der Waals surface area contributed by atoms with Crippen LogP contribution in [0.15, 0.2) is 72.4 Å². The number of pyridine rings is 1. The standard InChI is InChI=1S/C30H25ClN4O3S/c1-16-24(34-14-6-5-7-22(34)32-16)26(36)23-25(17-8-10-18(11-9-17)30(2,3)4)35(28(38)27(23)37)29-33-20-13-12-19(31)15-21(20)39-29/h5-15,25,36H,1-4H3/b26-23+. The lowest BCUT2D eigenvalue weighted by molar-refractivity contribution is -0.132. The molecule has 1 N–H and O–H groups in total. The fourth-order valence-electron chi connectivity index (χ4n) is 5.03. The minimum absolute atomic E-state index is 0.00505. The zero-order valence-electron chi connectivity index (χ0n) is 21.8. The van der Waals surface area contributed by atoms with Crippen LogP contribution >= 0.6 is 22.9 Å². The summed E-state index contributed by atoms with van der Waals surface area (Å²) in [6, 6.07) is 17.7. The summed E-state index contributed by atoms with van der Waals surface area (Å²) in [6.07, 6.45) is 1.77. The second kappa shape index (κ2) is 9.03. The Hall–Kier alpha value is -4.01. The van der Waals surface area contributed by atoms with Gasteiger partial charge in [0.15, 0.2) is 10.9 Å². The van der Waals surface area contributed by atoms with E-state index in [-0.39, 0.29) is 16.7 Å². The van der Waals surface area contributed by atoms with Crippen LogP contribution in [-0.4, -0.2) is 31.2 Å². The summed E-state index contributed by atoms with van der Waals surface area (Å²) in [5.41, 5.74) is 3.91. The number of aryl methyl sites for hydroxylation is 1. The molecule has 5 aromatic rings. The number of carbonyl (C=O) groups is 2. The average molecular weight is 557 g/mol. The van der Waals surface area contributed by atoms with Crippen LogP contribution in [0.2, 0.25) is 5.02 Å². The maximum Gasteiger partial charge on any atom is 0.301 e. The van der Waals surface area contributed by atoms with Gasteiger partial charge < -0.3 is 5.11 Å². The molecule has 3 aromatic heterocycles. The van der Waals surface area contributed by atoms with Gasteiger partial charge in [0.25, 0.3) is 5.78 Å². The Balaban J connectivity index is 1.60. The number of fused-ring (bicyclic) bond motifs is 2. The average Bonchev–Trinajstić information content (AvgIpc) is 3.54. The van der Waals surface area contributed by atoms with Gasteiger partial charge in [-0.1, -0.05) is 74.0 Å². The quantitative estimate of drug-likeness (QED) is 0.149. The Labute approximate surface area is 234 Å². The van der Waals surface area contributed by atoms with Crippen molar-refractivity contribution in [3.63, 3.8) is 0 Å². The highest BCUT2D eigenvalue weighted by atomic mass is 35.5. The van der Waals surface area contributed by atoms with Gasteiger partial charge in [-0.05, 0) is 53.8 Å². The molecule has 0 radical (unpaired) electrons. The molecular weight excluding hydrogens is 532 g/mol. The molecule has 1 unspecified atom stereocenters. The summed E-state index contributed by atoms with van der Waals surface area (Å²) in [5, 5.41) is 12.6. The summed E-state index contributed by atoms with van der Waals surface area (Å²) < 4.78 is 2.51. The van der Waals surface area contributed by atoms with Gasteiger partial charge in [0.1, 0.15) is 11.3 Å². The van der Waals surface area contributed by atoms with E-state index in [4.69, 9.17) is 11.6 Å². The molecule has 2 aromatic carbocycles. The van der Waals surface area contributed by atoms with Gasteiger partial charge in [-0.15, -0.1) is 0 Å². The van der Waals surface area contributed by atoms with E-state index in [9.17, 15) is 14.7 Å². The van der Waals surface area contributed by atoms with E-state index in [1.807, 2.05) is 42.5 Å². The number of carbonyl (C=O) groups excluding carboxylic acids is 2. The van der Waals surface area contributed by atoms with Crippen molar-refractivity contribution in [3.8, 4) is 0 Å². The van der Waals surface area contributed by atoms with Crippen molar-refractivity contribution in [2.24, 2.45) is 0 Å². The third-order valence-corrected chi connectivity index (χ3v) is 8.26. The van der Waals surface area contributed by atoms with Crippen molar-refractivity contribution >= 4 is 61.4 Å². The molecule has 1 aliphatic heterocycles. The first-order valence-corrected chi connectivity index (χ1v) is 13.7. The minimum atomic E-state index is -0.885. The lowest BCUT2D eigenvalue weighted by Crippen LogP contribution is -2.29. The van der Waals surface area contributed by atoms with E-state index in [0.717, 1.165) is 10.3 Å². The number of thiazole rings is 1. The van der Waals surface area contributed by atoms with E-state index >= 15 is 0 Å². The van der Waals surface area contributed by atoms with Crippen LogP contribution in [0.25, 0.3) is 21.6 Å². The summed E-state index contributed by atoms with van der Waals surface area (Å²) in [5.74, 6) is -1.81. The molecule has 196 valence electrons. The number of Topliss-reactive ketones (excluding diaryl/α,β-unsaturated/α-hetero) is 1. The molecule has 0 aliphatic carbocycles. The normalized spacial score (nSPS) is 17.6. The molecule has 1 amide bonds. The van der Waals surface area contributed by atoms with Crippen LogP contribution in [0, 0.1) is 6.92 Å². The number of aliphatic hydroxyl groups excluding tert-OH is 1. The first kappa shape index (κ1) is 25.3. The number of benzene rings is 2. The highest BCUT2D eigenvalue weighted by Crippen LogP contribution is 2.45. The van der Waals surface area contributed by atoms with Gasteiger partial charge in [0, 0.05) is 11.2 Å². The van der Waals surface area contributed by atoms with E-state index in [1.54, 1.807) is 35.7 Å². The molecule has 1 saturated heterocycles. The second-order valence-electron chi connectivity index (χ2n) is 10.6. The van der Waals surface area contributed by atoms with E-state index < -0.39 is 17.7 Å². The Morgan fingerprint density at radius 1 is 1.03 bits per heavy atom. The number of aliphatic hydroxyl groups is 1. The molecule has 4 heterocycles. The predicted octanol–water partition coefficient (Wildman–Crippen LogP) is 6.83. The van der Waals surface area contributed by atoms with E-state index in [0.29, 0.717) is 38.3 Å². The van der Waals surface area contributed by atoms with Gasteiger partial charge >= 0.3 is 5.91 Å². The lowest BCUT2D eigenvalue weighted by Gasteiger charge is -2.24. The van der Waals surface area contributed by atoms with E-state index in [2.05, 4.69) is 30.7 Å². The number of hydrogen-bond donors (Lipinski definition) is 1. The fourth-order valence-corrected chi connectivity index (χ4v) is 6.29. The second-order valence-corrected chi connectivity index (χ2v) is 12.1. The van der Waals surface area contributed by atoms with Crippen LogP contribution in [0.5, 0.6) is 0 Å². The molecule has 1 fully saturated rings. The van der Waals surface area contributed by atoms with Crippen molar-refractivity contribution < 1.29 is 14.7 Å². The maximum atomic E-state index is 13.7. The molecular formula is C30H25ClN4O3S. The number of aromatic nitrogens is 3. The zero-order chi connectivity index (χ0) is 27.6. The predicted molar refractivity (Wildman–Crippen MR) is 154 cm³/mol. The number of ketones is 1. The number of rotatable bonds is 3. The third-order valence-electron chi connectivity index (χ3n) is 7.01. The fraction of sp³-hybridized carbons (Fsp3) is 0.200. The first-order valence-electron chi connectivity index (χ1n) is 12.5. The molecule has 0 spiro atoms. The Morgan fingerprint density at radius 3 is 2.49 bits per heavy atom. The lowest BCUT2D eigenvalue weighted by atomic mass is 9.85. The van der Waals surface area contributed by atoms with Crippen LogP contribution < -0.4 is 4.90 Å². The molecule has 0 saturated carbocycles. The van der Waals surface area contributed by atoms with Gasteiger partial charge in [0.2, 0.25) is 0 Å². The highest BCUT2D eigenvalue weighted by Gasteiger charge is 2.48. The van der Waals surface area contributed by atoms with Crippen molar-refractivity contribution in [1.29, 1.82) is 0 Å². The van der Waals surface area contributed by atoms with Gasteiger partial charge in [0.05, 0.1) is 27.5 Å². The van der Waals surface area contributed by atoms with Crippen molar-refractivity contribution in [3.05, 3.63) is 100.0 Å². The largest absolute Gasteiger partial charge is 0.505 e. The molecule has 6 rings (SSSR count). The molecule has 1 aliphatic rings. The molecule has 9 heteroatoms.